The monoisotopic (exact) mass is 782 g/mol. The van der Waals surface area contributed by atoms with Crippen LogP contribution in [0.3, 0.4) is 0 Å². The molecular weight excluding hydrogens is 720 g/mol. The van der Waals surface area contributed by atoms with Gasteiger partial charge in [0.2, 0.25) is 5.91 Å². The van der Waals surface area contributed by atoms with E-state index < -0.39 is 60.3 Å². The quantitative estimate of drug-likeness (QED) is 0.0444. The minimum absolute atomic E-state index is 0.0442. The second-order valence-corrected chi connectivity index (χ2v) is 14.2. The summed E-state index contributed by atoms with van der Waals surface area (Å²) in [6, 6.07) is 5.44. The van der Waals surface area contributed by atoms with E-state index in [1.807, 2.05) is 0 Å². The predicted octanol–water partition coefficient (Wildman–Crippen LogP) is 5.49. The molecule has 2 amide bonds. The Kier molecular flexibility index (Phi) is 22.9. The first-order chi connectivity index (χ1) is 26.9. The summed E-state index contributed by atoms with van der Waals surface area (Å²) in [6.45, 7) is 4.45. The van der Waals surface area contributed by atoms with Gasteiger partial charge in [-0.2, -0.15) is 0 Å². The standard InChI is InChI=1S/C43H62N2O11/c1-4-6-8-11-15-20-34(46)21-16-12-9-10-13-17-22-36(43(53,42(51)52)31-39(48)56-32-38(47)45-27-18-14-19-28-45)40(49)44-37(41(50)54-3)30-33-23-25-35(26-24-33)55-29-7-5-2/h17,22-26,36-37,53H,4,6,8-16,18-21,27-32H2,1-3H3,(H,44,49)(H,51,52)/b22-17+/t36-,37+,43+/m1/s1. The second kappa shape index (κ2) is 27.0. The largest absolute Gasteiger partial charge is 0.481 e. The molecule has 0 unspecified atom stereocenters. The Labute approximate surface area is 331 Å². The molecular formula is C43H62N2O11. The van der Waals surface area contributed by atoms with Crippen molar-refractivity contribution in [1.29, 1.82) is 0 Å². The number of aliphatic hydroxyl groups is 1. The summed E-state index contributed by atoms with van der Waals surface area (Å²) in [7, 11) is 1.14. The Morgan fingerprint density at radius 2 is 1.57 bits per heavy atom. The molecule has 13 heteroatoms. The fourth-order valence-corrected chi connectivity index (χ4v) is 6.40. The third kappa shape index (κ3) is 17.8. The van der Waals surface area contributed by atoms with Crippen LogP contribution in [0.25, 0.3) is 0 Å². The van der Waals surface area contributed by atoms with Crippen LogP contribution in [0.2, 0.25) is 0 Å². The molecule has 13 nitrogen and oxygen atoms in total. The van der Waals surface area contributed by atoms with Gasteiger partial charge in [-0.15, -0.1) is 5.92 Å². The minimum Gasteiger partial charge on any atom is -0.481 e. The van der Waals surface area contributed by atoms with Crippen LogP contribution in [0.5, 0.6) is 5.75 Å². The Morgan fingerprint density at radius 3 is 2.18 bits per heavy atom. The predicted molar refractivity (Wildman–Crippen MR) is 210 cm³/mol. The van der Waals surface area contributed by atoms with Gasteiger partial charge < -0.3 is 34.6 Å². The highest BCUT2D eigenvalue weighted by Gasteiger charge is 2.49. The van der Waals surface area contributed by atoms with Gasteiger partial charge in [0.1, 0.15) is 24.2 Å². The van der Waals surface area contributed by atoms with E-state index in [1.165, 1.54) is 12.5 Å². The summed E-state index contributed by atoms with van der Waals surface area (Å²) in [6.07, 6.45) is 14.3. The fourth-order valence-electron chi connectivity index (χ4n) is 6.40. The topological polar surface area (TPSA) is 186 Å². The molecule has 1 aliphatic rings. The van der Waals surface area contributed by atoms with Gasteiger partial charge in [-0.3, -0.25) is 19.2 Å². The van der Waals surface area contributed by atoms with E-state index in [1.54, 1.807) is 42.2 Å². The lowest BCUT2D eigenvalue weighted by atomic mass is 9.82. The smallest absolute Gasteiger partial charge is 0.337 e. The van der Waals surface area contributed by atoms with Gasteiger partial charge in [0, 0.05) is 32.4 Å². The maximum atomic E-state index is 13.9. The average molecular weight is 783 g/mol. The van der Waals surface area contributed by atoms with Gasteiger partial charge in [0.05, 0.1) is 19.4 Å². The number of piperidine rings is 1. The third-order valence-corrected chi connectivity index (χ3v) is 9.76. The van der Waals surface area contributed by atoms with E-state index in [0.29, 0.717) is 50.1 Å². The van der Waals surface area contributed by atoms with Gasteiger partial charge >= 0.3 is 17.9 Å². The van der Waals surface area contributed by atoms with Crippen LogP contribution in [0.4, 0.5) is 0 Å². The summed E-state index contributed by atoms with van der Waals surface area (Å²) >= 11 is 0. The van der Waals surface area contributed by atoms with Crippen LogP contribution in [-0.2, 0) is 44.7 Å². The number of esters is 2. The maximum absolute atomic E-state index is 13.9. The lowest BCUT2D eigenvalue weighted by Crippen LogP contribution is -2.55. The van der Waals surface area contributed by atoms with Crippen LogP contribution in [0.1, 0.15) is 122 Å². The van der Waals surface area contributed by atoms with Crippen LogP contribution >= 0.6 is 0 Å². The summed E-state index contributed by atoms with van der Waals surface area (Å²) < 4.78 is 15.6. The molecule has 1 aromatic carbocycles. The highest BCUT2D eigenvalue weighted by atomic mass is 16.5. The molecule has 310 valence electrons. The fraction of sp³-hybridized carbons (Fsp3) is 0.628. The van der Waals surface area contributed by atoms with Crippen LogP contribution in [0.15, 0.2) is 36.4 Å². The highest BCUT2D eigenvalue weighted by Crippen LogP contribution is 2.27. The Bertz CT molecular complexity index is 1490. The van der Waals surface area contributed by atoms with Crippen LogP contribution < -0.4 is 10.1 Å². The summed E-state index contributed by atoms with van der Waals surface area (Å²) in [5.74, 6) is -0.846. The third-order valence-electron chi connectivity index (χ3n) is 9.76. The molecule has 0 bridgehead atoms. The van der Waals surface area contributed by atoms with Gasteiger partial charge in [-0.25, -0.2) is 9.59 Å². The number of nitrogens with zero attached hydrogens (tertiary/aromatic N) is 1. The molecule has 2 rings (SSSR count). The number of carboxylic acid groups (broad SMARTS) is 1. The van der Waals surface area contributed by atoms with Gasteiger partial charge in [0.15, 0.2) is 12.2 Å². The number of hydrogen-bond donors (Lipinski definition) is 3. The number of benzene rings is 1. The molecule has 0 aromatic heterocycles. The first-order valence-corrected chi connectivity index (χ1v) is 20.0. The van der Waals surface area contributed by atoms with Crippen molar-refractivity contribution in [2.24, 2.45) is 5.92 Å². The van der Waals surface area contributed by atoms with Crippen LogP contribution in [-0.4, -0.2) is 95.7 Å². The molecule has 0 aliphatic carbocycles. The van der Waals surface area contributed by atoms with Crippen LogP contribution in [0, 0.1) is 17.8 Å². The first-order valence-electron chi connectivity index (χ1n) is 20.0. The molecule has 1 fully saturated rings. The number of methoxy groups -OCH3 is 1. The van der Waals surface area contributed by atoms with Crippen molar-refractivity contribution < 1.29 is 53.2 Å². The number of amides is 2. The summed E-state index contributed by atoms with van der Waals surface area (Å²) in [5, 5.41) is 24.4. The van der Waals surface area contributed by atoms with Crippen molar-refractivity contribution in [2.45, 2.75) is 135 Å². The molecule has 1 heterocycles. The number of likely N-dealkylation sites (tertiary alicyclic amines) is 1. The van der Waals surface area contributed by atoms with Crippen molar-refractivity contribution in [3.05, 3.63) is 42.0 Å². The van der Waals surface area contributed by atoms with E-state index in [-0.39, 0.29) is 18.8 Å². The number of rotatable bonds is 27. The molecule has 3 N–H and O–H groups in total. The Balaban J connectivity index is 2.16. The molecule has 3 atom stereocenters. The van der Waals surface area contributed by atoms with E-state index in [9.17, 15) is 39.0 Å². The maximum Gasteiger partial charge on any atom is 0.337 e. The molecule has 1 saturated heterocycles. The SMILES string of the molecule is CC#CCOc1ccc(C[C@H](NC(=O)[C@@H](/C=C/CCCCCCC(=O)CCCCCCC)[C@@](O)(CC(=O)OCC(=O)N2CCCCC2)C(=O)O)C(=O)OC)cc1. The zero-order chi connectivity index (χ0) is 41.2. The normalized spacial score (nSPS) is 14.8. The number of nitrogens with one attached hydrogen (secondary N) is 1. The molecule has 0 spiro atoms. The number of aliphatic carboxylic acids is 1. The number of carboxylic acids is 1. The summed E-state index contributed by atoms with van der Waals surface area (Å²) in [4.78, 5) is 78.7. The van der Waals surface area contributed by atoms with E-state index >= 15 is 0 Å². The van der Waals surface area contributed by atoms with Crippen molar-refractivity contribution in [3.8, 4) is 17.6 Å². The number of ketones is 1. The van der Waals surface area contributed by atoms with E-state index in [4.69, 9.17) is 14.2 Å². The number of Topliss-reactive ketones (excluding diaryl/α,β-unsaturated/α-hetero) is 1. The minimum atomic E-state index is -3.00. The Hall–Kier alpha value is -4.70. The number of allylic oxidation sites excluding steroid dienone is 1. The molecule has 0 radical (unpaired) electrons. The second-order valence-electron chi connectivity index (χ2n) is 14.2. The molecule has 0 saturated carbocycles. The summed E-state index contributed by atoms with van der Waals surface area (Å²) in [5.41, 5.74) is -2.38. The van der Waals surface area contributed by atoms with Gasteiger partial charge in [0.25, 0.3) is 5.91 Å². The van der Waals surface area contributed by atoms with Gasteiger partial charge in [-0.1, -0.05) is 75.7 Å². The zero-order valence-electron chi connectivity index (χ0n) is 33.5. The molecule has 56 heavy (non-hydrogen) atoms. The lowest BCUT2D eigenvalue weighted by molar-refractivity contribution is -0.175. The molecule has 1 aliphatic heterocycles. The number of ether oxygens (including phenoxy) is 3. The van der Waals surface area contributed by atoms with Crippen molar-refractivity contribution in [3.63, 3.8) is 0 Å². The van der Waals surface area contributed by atoms with E-state index in [0.717, 1.165) is 71.3 Å². The van der Waals surface area contributed by atoms with Crippen molar-refractivity contribution in [1.82, 2.24) is 10.2 Å². The van der Waals surface area contributed by atoms with E-state index in [2.05, 4.69) is 24.1 Å². The number of carbonyl (C=O) groups excluding carboxylic acids is 5. The average Bonchev–Trinajstić information content (AvgIpc) is 3.19. The van der Waals surface area contributed by atoms with Crippen molar-refractivity contribution >= 4 is 35.5 Å². The lowest BCUT2D eigenvalue weighted by Gasteiger charge is -2.30. The Morgan fingerprint density at radius 1 is 0.929 bits per heavy atom. The molecule has 1 aromatic rings. The van der Waals surface area contributed by atoms with Crippen molar-refractivity contribution in [2.75, 3.05) is 33.4 Å². The number of unbranched alkanes of at least 4 members (excludes halogenated alkanes) is 8. The highest BCUT2D eigenvalue weighted by molar-refractivity contribution is 5.95. The number of hydrogen-bond acceptors (Lipinski definition) is 10. The van der Waals surface area contributed by atoms with Gasteiger partial charge in [-0.05, 0) is 69.6 Å². The zero-order valence-corrected chi connectivity index (χ0v) is 33.5. The number of carbonyl (C=O) groups is 6. The first kappa shape index (κ1) is 47.5.